The lowest BCUT2D eigenvalue weighted by Gasteiger charge is -2.30. The van der Waals surface area contributed by atoms with Crippen molar-refractivity contribution in [1.29, 1.82) is 0 Å². The summed E-state index contributed by atoms with van der Waals surface area (Å²) in [5.41, 5.74) is 0. The van der Waals surface area contributed by atoms with E-state index in [2.05, 4.69) is 16.8 Å². The van der Waals surface area contributed by atoms with E-state index in [9.17, 15) is 8.78 Å². The lowest BCUT2D eigenvalue weighted by Crippen LogP contribution is -2.31. The van der Waals surface area contributed by atoms with E-state index in [4.69, 9.17) is 4.42 Å². The van der Waals surface area contributed by atoms with Gasteiger partial charge in [0.1, 0.15) is 0 Å². The maximum atomic E-state index is 14.0. The van der Waals surface area contributed by atoms with Gasteiger partial charge in [-0.1, -0.05) is 17.6 Å². The fraction of sp³-hybridized carbons (Fsp3) is 0.692. The molecule has 19 heavy (non-hydrogen) atoms. The van der Waals surface area contributed by atoms with Crippen molar-refractivity contribution in [3.05, 3.63) is 18.5 Å². The van der Waals surface area contributed by atoms with Gasteiger partial charge in [-0.3, -0.25) is 0 Å². The number of halogens is 2. The summed E-state index contributed by atoms with van der Waals surface area (Å²) in [6.07, 6.45) is 4.41. The van der Waals surface area contributed by atoms with Crippen LogP contribution in [0.3, 0.4) is 0 Å². The van der Waals surface area contributed by atoms with Crippen LogP contribution in [-0.2, 0) is 5.92 Å². The molecular weight excluding hydrogens is 252 g/mol. The van der Waals surface area contributed by atoms with Crippen molar-refractivity contribution < 1.29 is 13.2 Å². The molecule has 0 aliphatic heterocycles. The molecule has 0 bridgehead atoms. The van der Waals surface area contributed by atoms with Gasteiger partial charge in [-0.15, -0.1) is 11.7 Å². The molecule has 6 heteroatoms. The van der Waals surface area contributed by atoms with Crippen molar-refractivity contribution >= 4 is 6.01 Å². The molecule has 1 aromatic heterocycles. The molecule has 0 spiro atoms. The Kier molecular flexibility index (Phi) is 4.17. The molecule has 1 aliphatic rings. The highest BCUT2D eigenvalue weighted by molar-refractivity contribution is 5.24. The summed E-state index contributed by atoms with van der Waals surface area (Å²) >= 11 is 0. The van der Waals surface area contributed by atoms with Crippen LogP contribution in [0.15, 0.2) is 17.1 Å². The molecule has 0 unspecified atom stereocenters. The van der Waals surface area contributed by atoms with Gasteiger partial charge in [-0.25, -0.2) is 0 Å². The summed E-state index contributed by atoms with van der Waals surface area (Å²) < 4.78 is 33.2. The molecule has 106 valence electrons. The van der Waals surface area contributed by atoms with Crippen LogP contribution < -0.4 is 4.90 Å². The lowest BCUT2D eigenvalue weighted by atomic mass is 9.80. The second-order valence-electron chi connectivity index (χ2n) is 4.80. The molecule has 2 rings (SSSR count). The highest BCUT2D eigenvalue weighted by atomic mass is 19.3. The Balaban J connectivity index is 2.10. The maximum absolute atomic E-state index is 14.0. The van der Waals surface area contributed by atoms with E-state index in [1.807, 2.05) is 6.92 Å². The van der Waals surface area contributed by atoms with E-state index in [0.29, 0.717) is 25.9 Å². The Morgan fingerprint density at radius 1 is 1.47 bits per heavy atom. The van der Waals surface area contributed by atoms with E-state index in [-0.39, 0.29) is 6.01 Å². The summed E-state index contributed by atoms with van der Waals surface area (Å²) in [7, 11) is 0. The molecule has 1 heterocycles. The molecule has 4 nitrogen and oxygen atoms in total. The van der Waals surface area contributed by atoms with E-state index >= 15 is 0 Å². The fourth-order valence-corrected chi connectivity index (χ4v) is 2.06. The highest BCUT2D eigenvalue weighted by Crippen LogP contribution is 2.46. The molecule has 1 aromatic rings. The SMILES string of the molecule is C=CCCN(CC)c1nnc(C(F)(F)C2CCC2)o1. The standard InChI is InChI=1S/C13H19F2N3O/c1-3-5-9-18(4-2)12-17-16-11(19-12)13(14,15)10-7-6-8-10/h3,10H,1,4-9H2,2H3. The monoisotopic (exact) mass is 271 g/mol. The Labute approximate surface area is 111 Å². The first-order chi connectivity index (χ1) is 9.09. The third kappa shape index (κ3) is 2.77. The van der Waals surface area contributed by atoms with Gasteiger partial charge in [0.25, 0.3) is 5.89 Å². The first-order valence-electron chi connectivity index (χ1n) is 6.67. The minimum absolute atomic E-state index is 0.165. The molecule has 0 aromatic carbocycles. The van der Waals surface area contributed by atoms with Crippen LogP contribution in [0, 0.1) is 5.92 Å². The quantitative estimate of drug-likeness (QED) is 0.713. The van der Waals surface area contributed by atoms with Crippen molar-refractivity contribution in [1.82, 2.24) is 10.2 Å². The van der Waals surface area contributed by atoms with Crippen molar-refractivity contribution in [2.24, 2.45) is 5.92 Å². The van der Waals surface area contributed by atoms with E-state index in [1.165, 1.54) is 0 Å². The number of aromatic nitrogens is 2. The molecule has 0 amide bonds. The second-order valence-corrected chi connectivity index (χ2v) is 4.80. The normalized spacial score (nSPS) is 16.2. The van der Waals surface area contributed by atoms with Crippen molar-refractivity contribution in [3.63, 3.8) is 0 Å². The molecule has 1 fully saturated rings. The summed E-state index contributed by atoms with van der Waals surface area (Å²) in [5.74, 6) is -4.20. The zero-order chi connectivity index (χ0) is 13.9. The third-order valence-corrected chi connectivity index (χ3v) is 3.57. The Morgan fingerprint density at radius 2 is 2.21 bits per heavy atom. The van der Waals surface area contributed by atoms with Crippen LogP contribution in [0.25, 0.3) is 0 Å². The number of alkyl halides is 2. The van der Waals surface area contributed by atoms with Gasteiger partial charge in [0.05, 0.1) is 0 Å². The van der Waals surface area contributed by atoms with Gasteiger partial charge in [0, 0.05) is 19.0 Å². The smallest absolute Gasteiger partial charge is 0.326 e. The Morgan fingerprint density at radius 3 is 2.74 bits per heavy atom. The largest absolute Gasteiger partial charge is 0.401 e. The lowest BCUT2D eigenvalue weighted by molar-refractivity contribution is -0.114. The van der Waals surface area contributed by atoms with E-state index in [1.54, 1.807) is 11.0 Å². The van der Waals surface area contributed by atoms with Crippen LogP contribution >= 0.6 is 0 Å². The third-order valence-electron chi connectivity index (χ3n) is 3.57. The first kappa shape index (κ1) is 14.0. The minimum Gasteiger partial charge on any atom is -0.401 e. The molecule has 0 saturated heterocycles. The zero-order valence-corrected chi connectivity index (χ0v) is 11.1. The molecule has 1 saturated carbocycles. The van der Waals surface area contributed by atoms with Crippen LogP contribution in [0.2, 0.25) is 0 Å². The van der Waals surface area contributed by atoms with Gasteiger partial charge >= 0.3 is 11.9 Å². The second kappa shape index (κ2) is 5.67. The minimum atomic E-state index is -3.00. The van der Waals surface area contributed by atoms with Gasteiger partial charge in [-0.2, -0.15) is 8.78 Å². The van der Waals surface area contributed by atoms with Crippen LogP contribution in [0.4, 0.5) is 14.8 Å². The predicted molar refractivity (Wildman–Crippen MR) is 68.2 cm³/mol. The summed E-state index contributed by atoms with van der Waals surface area (Å²) in [5, 5.41) is 7.28. The fourth-order valence-electron chi connectivity index (χ4n) is 2.06. The molecular formula is C13H19F2N3O. The molecule has 0 N–H and O–H groups in total. The number of hydrogen-bond acceptors (Lipinski definition) is 4. The Hall–Kier alpha value is -1.46. The van der Waals surface area contributed by atoms with Crippen LogP contribution in [0.5, 0.6) is 0 Å². The number of rotatable bonds is 7. The van der Waals surface area contributed by atoms with Gasteiger partial charge in [-0.05, 0) is 26.2 Å². The molecule has 0 radical (unpaired) electrons. The average Bonchev–Trinajstić information content (AvgIpc) is 2.77. The highest BCUT2D eigenvalue weighted by Gasteiger charge is 2.49. The van der Waals surface area contributed by atoms with Gasteiger partial charge in [0.2, 0.25) is 0 Å². The van der Waals surface area contributed by atoms with Crippen LogP contribution in [0.1, 0.15) is 38.5 Å². The van der Waals surface area contributed by atoms with Crippen LogP contribution in [-0.4, -0.2) is 23.3 Å². The average molecular weight is 271 g/mol. The topological polar surface area (TPSA) is 42.2 Å². The van der Waals surface area contributed by atoms with Crippen molar-refractivity contribution in [3.8, 4) is 0 Å². The van der Waals surface area contributed by atoms with Gasteiger partial charge < -0.3 is 9.32 Å². The molecule has 0 atom stereocenters. The van der Waals surface area contributed by atoms with Crippen molar-refractivity contribution in [2.45, 2.75) is 38.5 Å². The summed E-state index contributed by atoms with van der Waals surface area (Å²) in [4.78, 5) is 1.77. The number of nitrogens with zero attached hydrogens (tertiary/aromatic N) is 3. The maximum Gasteiger partial charge on any atom is 0.326 e. The predicted octanol–water partition coefficient (Wildman–Crippen LogP) is 3.36. The van der Waals surface area contributed by atoms with Gasteiger partial charge in [0.15, 0.2) is 0 Å². The summed E-state index contributed by atoms with van der Waals surface area (Å²) in [6, 6.07) is 0.165. The van der Waals surface area contributed by atoms with Crippen molar-refractivity contribution in [2.75, 3.05) is 18.0 Å². The first-order valence-corrected chi connectivity index (χ1v) is 6.67. The van der Waals surface area contributed by atoms with E-state index < -0.39 is 17.7 Å². The molecule has 1 aliphatic carbocycles. The number of anilines is 1. The zero-order valence-electron chi connectivity index (χ0n) is 11.1. The van der Waals surface area contributed by atoms with E-state index in [0.717, 1.165) is 12.8 Å². The summed E-state index contributed by atoms with van der Waals surface area (Å²) in [6.45, 7) is 6.81. The Bertz CT molecular complexity index is 429. The number of hydrogen-bond donors (Lipinski definition) is 0.